The number of nitro groups is 1. The third-order valence-corrected chi connectivity index (χ3v) is 10.6. The SMILES string of the molecule is C=C(SC)C1C=CN(CCOC(=O)Oc2ccc([N+](=O)[O-])cc2)[CH-]1.[Au].[CH2-][C@H](CCCCc1c(C(C)C)cccc1C(C)C)c1c(C(C)C)cccc1C(C)C. The van der Waals surface area contributed by atoms with E-state index in [-0.39, 0.29) is 46.3 Å². The molecule has 9 heteroatoms. The maximum Gasteiger partial charge on any atom is 0.513 e. The molecule has 55 heavy (non-hydrogen) atoms. The number of nitro benzene ring substituents is 1. The van der Waals surface area contributed by atoms with Gasteiger partial charge >= 0.3 is 6.16 Å². The van der Waals surface area contributed by atoms with Crippen molar-refractivity contribution in [1.29, 1.82) is 0 Å². The van der Waals surface area contributed by atoms with E-state index >= 15 is 0 Å². The zero-order valence-corrected chi connectivity index (χ0v) is 37.3. The summed E-state index contributed by atoms with van der Waals surface area (Å²) in [7, 11) is 0. The number of nitrogens with zero attached hydrogens (tertiary/aromatic N) is 2. The van der Waals surface area contributed by atoms with Crippen molar-refractivity contribution in [2.75, 3.05) is 19.4 Å². The Kier molecular flexibility index (Phi) is 20.6. The van der Waals surface area contributed by atoms with Gasteiger partial charge in [-0.1, -0.05) is 129 Å². The smallest absolute Gasteiger partial charge is 0.513 e. The predicted molar refractivity (Wildman–Crippen MR) is 226 cm³/mol. The van der Waals surface area contributed by atoms with Crippen LogP contribution in [0.15, 0.2) is 84.4 Å². The van der Waals surface area contributed by atoms with Crippen LogP contribution in [0, 0.1) is 29.5 Å². The Morgan fingerprint density at radius 1 is 0.891 bits per heavy atom. The van der Waals surface area contributed by atoms with Gasteiger partial charge < -0.3 is 21.3 Å². The third kappa shape index (κ3) is 14.6. The van der Waals surface area contributed by atoms with Gasteiger partial charge in [0.25, 0.3) is 5.69 Å². The second kappa shape index (κ2) is 23.7. The van der Waals surface area contributed by atoms with Crippen molar-refractivity contribution in [3.63, 3.8) is 0 Å². The van der Waals surface area contributed by atoms with Gasteiger partial charge in [-0.15, -0.1) is 17.7 Å². The fourth-order valence-electron chi connectivity index (χ4n) is 6.89. The van der Waals surface area contributed by atoms with Crippen molar-refractivity contribution < 1.29 is 41.6 Å². The number of carbonyl (C=O) groups is 1. The van der Waals surface area contributed by atoms with Crippen LogP contribution in [0.3, 0.4) is 0 Å². The zero-order chi connectivity index (χ0) is 39.9. The molecule has 2 atom stereocenters. The summed E-state index contributed by atoms with van der Waals surface area (Å²) in [5, 5.41) is 10.5. The molecule has 1 unspecified atom stereocenters. The van der Waals surface area contributed by atoms with E-state index in [0.717, 1.165) is 4.91 Å². The van der Waals surface area contributed by atoms with E-state index in [4.69, 9.17) is 9.47 Å². The zero-order valence-electron chi connectivity index (χ0n) is 34.3. The van der Waals surface area contributed by atoms with Gasteiger partial charge in [0.05, 0.1) is 4.92 Å². The fourth-order valence-corrected chi connectivity index (χ4v) is 7.30. The van der Waals surface area contributed by atoms with Crippen LogP contribution in [-0.4, -0.2) is 35.4 Å². The second-order valence-corrected chi connectivity index (χ2v) is 16.1. The fraction of sp³-hybridized carbons (Fsp3) is 0.457. The topological polar surface area (TPSA) is 81.9 Å². The molecule has 3 aromatic carbocycles. The molecule has 0 amide bonds. The second-order valence-electron chi connectivity index (χ2n) is 15.2. The van der Waals surface area contributed by atoms with Crippen LogP contribution >= 0.6 is 11.8 Å². The number of ether oxygens (including phenoxy) is 2. The van der Waals surface area contributed by atoms with Crippen LogP contribution < -0.4 is 4.74 Å². The monoisotopic (exact) mass is 951 g/mol. The Morgan fingerprint density at radius 3 is 1.91 bits per heavy atom. The molecular formula is C46H62AuN2O5S-2. The van der Waals surface area contributed by atoms with Gasteiger partial charge in [0, 0.05) is 41.1 Å². The molecule has 7 nitrogen and oxygen atoms in total. The van der Waals surface area contributed by atoms with Crippen LogP contribution in [0.25, 0.3) is 0 Å². The molecular weight excluding hydrogens is 890 g/mol. The standard InChI is InChI=1S/C30H45.C16H17N2O5S.Au/c1-20(2)25-16-12-17-26(21(3)4)29(25)15-11-10-14-24(9)30-27(22(5)6)18-13-19-28(30)23(7)8;1-12(24-2)13-7-8-17(11-13)9-10-22-16(19)23-15-5-3-14(4-6-15)18(20)21;/h12-13,16-24H,9-11,14-15H2,1-8H3;3-8,11,13H,1,9-10H2,2H3;/q2*-1;/t24-;;/m1../s1. The molecule has 0 N–H and O–H groups in total. The average Bonchev–Trinajstić information content (AvgIpc) is 3.61. The van der Waals surface area contributed by atoms with E-state index in [1.54, 1.807) is 28.5 Å². The van der Waals surface area contributed by atoms with E-state index in [1.807, 2.05) is 30.0 Å². The maximum atomic E-state index is 11.6. The third-order valence-electron chi connectivity index (χ3n) is 9.84. The van der Waals surface area contributed by atoms with Crippen LogP contribution in [-0.2, 0) is 33.5 Å². The van der Waals surface area contributed by atoms with Crippen molar-refractivity contribution in [3.05, 3.63) is 141 Å². The molecule has 0 aromatic heterocycles. The molecule has 1 radical (unpaired) electrons. The number of thioether (sulfide) groups is 1. The van der Waals surface area contributed by atoms with Gasteiger partial charge in [-0.25, -0.2) is 11.3 Å². The minimum atomic E-state index is -0.850. The van der Waals surface area contributed by atoms with Crippen molar-refractivity contribution in [2.24, 2.45) is 5.92 Å². The number of unbranched alkanes of at least 4 members (excludes halogenated alkanes) is 1. The number of hydrogen-bond donors (Lipinski definition) is 0. The molecule has 0 saturated heterocycles. The first-order valence-electron chi connectivity index (χ1n) is 19.3. The Labute approximate surface area is 351 Å². The molecule has 1 aliphatic heterocycles. The average molecular weight is 952 g/mol. The van der Waals surface area contributed by atoms with E-state index < -0.39 is 11.1 Å². The summed E-state index contributed by atoms with van der Waals surface area (Å²) in [6, 6.07) is 19.0. The minimum absolute atomic E-state index is 0. The summed E-state index contributed by atoms with van der Waals surface area (Å²) in [4.78, 5) is 24.6. The van der Waals surface area contributed by atoms with Gasteiger partial charge in [-0.3, -0.25) is 10.1 Å². The summed E-state index contributed by atoms with van der Waals surface area (Å²) >= 11 is 1.61. The van der Waals surface area contributed by atoms with E-state index in [9.17, 15) is 14.9 Å². The first-order chi connectivity index (χ1) is 25.6. The van der Waals surface area contributed by atoms with Gasteiger partial charge in [0.1, 0.15) is 12.4 Å². The van der Waals surface area contributed by atoms with Crippen molar-refractivity contribution >= 4 is 23.6 Å². The first-order valence-corrected chi connectivity index (χ1v) is 20.5. The van der Waals surface area contributed by atoms with Gasteiger partial charge in [0.2, 0.25) is 0 Å². The van der Waals surface area contributed by atoms with Crippen molar-refractivity contribution in [3.8, 4) is 5.75 Å². The summed E-state index contributed by atoms with van der Waals surface area (Å²) in [5.41, 5.74) is 9.12. The van der Waals surface area contributed by atoms with E-state index in [0.29, 0.717) is 36.1 Å². The maximum absolute atomic E-state index is 11.6. The molecule has 4 rings (SSSR count). The normalized spacial score (nSPS) is 14.1. The molecule has 1 aliphatic rings. The first kappa shape index (κ1) is 47.9. The summed E-state index contributed by atoms with van der Waals surface area (Å²) in [5.74, 6) is 3.04. The molecule has 0 saturated carbocycles. The molecule has 1 heterocycles. The molecule has 0 bridgehead atoms. The Balaban J connectivity index is 0.000000382. The number of benzene rings is 3. The summed E-state index contributed by atoms with van der Waals surface area (Å²) < 4.78 is 9.93. The van der Waals surface area contributed by atoms with Crippen molar-refractivity contribution in [2.45, 2.75) is 111 Å². The van der Waals surface area contributed by atoms with E-state index in [1.165, 1.54) is 66.6 Å². The largest absolute Gasteiger partial charge is 0.525 e. The van der Waals surface area contributed by atoms with Gasteiger partial charge in [-0.05, 0) is 93.8 Å². The predicted octanol–water partition coefficient (Wildman–Crippen LogP) is 13.1. The Bertz CT molecular complexity index is 1650. The molecule has 305 valence electrons. The molecule has 3 aromatic rings. The van der Waals surface area contributed by atoms with Crippen LogP contribution in [0.1, 0.15) is 138 Å². The number of carbonyl (C=O) groups excluding carboxylic acids is 1. The quantitative estimate of drug-likeness (QED) is 0.0254. The summed E-state index contributed by atoms with van der Waals surface area (Å²) in [6.45, 7) is 29.8. The van der Waals surface area contributed by atoms with E-state index in [2.05, 4.69) is 105 Å². The molecule has 0 aliphatic carbocycles. The number of rotatable bonds is 17. The molecule has 0 spiro atoms. The Hall–Kier alpha value is -3.30. The summed E-state index contributed by atoms with van der Waals surface area (Å²) in [6.07, 6.45) is 9.91. The number of hydrogen-bond acceptors (Lipinski definition) is 7. The molecule has 0 fully saturated rings. The van der Waals surface area contributed by atoms with Gasteiger partial charge in [-0.2, -0.15) is 0 Å². The van der Waals surface area contributed by atoms with Crippen molar-refractivity contribution in [1.82, 2.24) is 4.90 Å². The Morgan fingerprint density at radius 2 is 1.42 bits per heavy atom. The van der Waals surface area contributed by atoms with Gasteiger partial charge in [0.15, 0.2) is 0 Å². The van der Waals surface area contributed by atoms with Crippen LogP contribution in [0.4, 0.5) is 10.5 Å². The van der Waals surface area contributed by atoms with Crippen LogP contribution in [0.2, 0.25) is 0 Å². The number of non-ortho nitro benzene ring substituents is 1. The van der Waals surface area contributed by atoms with Crippen LogP contribution in [0.5, 0.6) is 5.75 Å². The minimum Gasteiger partial charge on any atom is -0.525 e.